The second-order valence-electron chi connectivity index (χ2n) is 6.87. The summed E-state index contributed by atoms with van der Waals surface area (Å²) in [7, 11) is 2.21. The molecule has 0 saturated heterocycles. The van der Waals surface area contributed by atoms with Gasteiger partial charge in [-0.15, -0.1) is 0 Å². The van der Waals surface area contributed by atoms with Crippen molar-refractivity contribution in [3.05, 3.63) is 29.3 Å². The molecule has 1 N–H and O–H groups in total. The Bertz CT molecular complexity index is 448. The summed E-state index contributed by atoms with van der Waals surface area (Å²) in [6.45, 7) is 6.58. The molecule has 2 saturated carbocycles. The van der Waals surface area contributed by atoms with Gasteiger partial charge in [0.05, 0.1) is 0 Å². The van der Waals surface area contributed by atoms with Gasteiger partial charge in [0.25, 0.3) is 0 Å². The summed E-state index contributed by atoms with van der Waals surface area (Å²) in [6.07, 6.45) is 5.84. The molecular formula is C18H28N2. The van der Waals surface area contributed by atoms with Gasteiger partial charge in [-0.25, -0.2) is 0 Å². The molecule has 2 nitrogen and oxygen atoms in total. The maximum atomic E-state index is 3.83. The molecule has 0 aliphatic heterocycles. The first-order valence-electron chi connectivity index (χ1n) is 8.17. The van der Waals surface area contributed by atoms with Gasteiger partial charge in [0.1, 0.15) is 0 Å². The van der Waals surface area contributed by atoms with Gasteiger partial charge >= 0.3 is 0 Å². The van der Waals surface area contributed by atoms with Crippen LogP contribution in [-0.4, -0.2) is 26.2 Å². The average molecular weight is 272 g/mol. The number of hydrogen-bond acceptors (Lipinski definition) is 2. The quantitative estimate of drug-likeness (QED) is 0.817. The molecule has 0 unspecified atom stereocenters. The minimum absolute atomic E-state index is 0.822. The Morgan fingerprint density at radius 2 is 1.80 bits per heavy atom. The van der Waals surface area contributed by atoms with Gasteiger partial charge in [0.2, 0.25) is 0 Å². The number of likely N-dealkylation sites (N-methyl/N-ethyl adjacent to an activating group) is 1. The largest absolute Gasteiger partial charge is 0.373 e. The van der Waals surface area contributed by atoms with Gasteiger partial charge in [-0.2, -0.15) is 0 Å². The lowest BCUT2D eigenvalue weighted by Crippen LogP contribution is -2.38. The molecule has 0 spiro atoms. The number of hydrogen-bond donors (Lipinski definition) is 1. The van der Waals surface area contributed by atoms with Gasteiger partial charge in [-0.3, -0.25) is 0 Å². The summed E-state index contributed by atoms with van der Waals surface area (Å²) < 4.78 is 0. The van der Waals surface area contributed by atoms with Gasteiger partial charge in [-0.1, -0.05) is 17.7 Å². The third kappa shape index (κ3) is 3.35. The predicted molar refractivity (Wildman–Crippen MR) is 86.4 cm³/mol. The summed E-state index contributed by atoms with van der Waals surface area (Å²) in [5.74, 6) is 1.99. The maximum Gasteiger partial charge on any atom is 0.0393 e. The Balaban J connectivity index is 1.49. The molecule has 2 heteroatoms. The van der Waals surface area contributed by atoms with E-state index in [-0.39, 0.29) is 0 Å². The summed E-state index contributed by atoms with van der Waals surface area (Å²) in [5, 5.41) is 3.83. The first-order valence-corrected chi connectivity index (χ1v) is 8.17. The molecule has 3 rings (SSSR count). The third-order valence-corrected chi connectivity index (χ3v) is 4.85. The highest BCUT2D eigenvalue weighted by Gasteiger charge is 2.40. The summed E-state index contributed by atoms with van der Waals surface area (Å²) in [6, 6.07) is 7.56. The zero-order chi connectivity index (χ0) is 14.1. The molecule has 0 aromatic heterocycles. The van der Waals surface area contributed by atoms with Gasteiger partial charge in [-0.05, 0) is 63.0 Å². The molecule has 0 atom stereocenters. The molecule has 0 bridgehead atoms. The zero-order valence-corrected chi connectivity index (χ0v) is 13.2. The smallest absolute Gasteiger partial charge is 0.0393 e. The molecule has 0 radical (unpaired) electrons. The van der Waals surface area contributed by atoms with Crippen LogP contribution in [-0.2, 0) is 0 Å². The van der Waals surface area contributed by atoms with Crippen LogP contribution in [0.5, 0.6) is 0 Å². The zero-order valence-electron chi connectivity index (χ0n) is 13.2. The molecule has 110 valence electrons. The van der Waals surface area contributed by atoms with E-state index in [2.05, 4.69) is 49.3 Å². The number of nitrogens with zero attached hydrogens (tertiary/aromatic N) is 1. The van der Waals surface area contributed by atoms with Gasteiger partial charge in [0, 0.05) is 31.9 Å². The van der Waals surface area contributed by atoms with E-state index in [0.29, 0.717) is 0 Å². The fraction of sp³-hybridized carbons (Fsp3) is 0.667. The normalized spacial score (nSPS) is 18.6. The van der Waals surface area contributed by atoms with Crippen LogP contribution < -0.4 is 10.2 Å². The average Bonchev–Trinajstić information content (AvgIpc) is 3.27. The van der Waals surface area contributed by atoms with E-state index in [0.717, 1.165) is 31.0 Å². The lowest BCUT2D eigenvalue weighted by Gasteiger charge is -2.24. The van der Waals surface area contributed by atoms with Gasteiger partial charge < -0.3 is 10.2 Å². The van der Waals surface area contributed by atoms with Crippen molar-refractivity contribution < 1.29 is 0 Å². The minimum Gasteiger partial charge on any atom is -0.373 e. The number of rotatable bonds is 7. The van der Waals surface area contributed by atoms with Crippen molar-refractivity contribution >= 4 is 5.69 Å². The molecule has 1 aromatic rings. The number of anilines is 1. The van der Waals surface area contributed by atoms with Crippen molar-refractivity contribution in [3.63, 3.8) is 0 Å². The second-order valence-corrected chi connectivity index (χ2v) is 6.87. The van der Waals surface area contributed by atoms with E-state index >= 15 is 0 Å². The topological polar surface area (TPSA) is 15.3 Å². The molecule has 0 amide bonds. The monoisotopic (exact) mass is 272 g/mol. The van der Waals surface area contributed by atoms with Crippen molar-refractivity contribution in [3.8, 4) is 0 Å². The van der Waals surface area contributed by atoms with Crippen molar-refractivity contribution in [1.82, 2.24) is 5.32 Å². The van der Waals surface area contributed by atoms with Crippen LogP contribution >= 0.6 is 0 Å². The molecule has 1 aromatic carbocycles. The number of nitrogens with one attached hydrogen (secondary N) is 1. The first kappa shape index (κ1) is 13.9. The molecule has 2 aliphatic rings. The van der Waals surface area contributed by atoms with Crippen molar-refractivity contribution in [1.29, 1.82) is 0 Å². The van der Waals surface area contributed by atoms with Crippen molar-refractivity contribution in [2.45, 2.75) is 45.6 Å². The van der Waals surface area contributed by atoms with E-state index < -0.39 is 0 Å². The second kappa shape index (κ2) is 5.77. The van der Waals surface area contributed by atoms with E-state index in [9.17, 15) is 0 Å². The van der Waals surface area contributed by atoms with E-state index in [1.807, 2.05) is 0 Å². The van der Waals surface area contributed by atoms with E-state index in [1.54, 1.807) is 0 Å². The highest BCUT2D eigenvalue weighted by Crippen LogP contribution is 2.44. The van der Waals surface area contributed by atoms with Crippen LogP contribution in [0, 0.1) is 25.7 Å². The number of aryl methyl sites for hydroxylation is 2. The number of benzene rings is 1. The highest BCUT2D eigenvalue weighted by molar-refractivity contribution is 5.53. The van der Waals surface area contributed by atoms with Crippen LogP contribution in [0.15, 0.2) is 18.2 Å². The van der Waals surface area contributed by atoms with Crippen LogP contribution in [0.25, 0.3) is 0 Å². The lowest BCUT2D eigenvalue weighted by molar-refractivity contribution is 0.421. The SMILES string of the molecule is Cc1ccc(N(C)CCNC(C2CC2)C2CC2)c(C)c1. The highest BCUT2D eigenvalue weighted by atomic mass is 15.1. The van der Waals surface area contributed by atoms with Crippen molar-refractivity contribution in [2.24, 2.45) is 11.8 Å². The Hall–Kier alpha value is -1.02. The summed E-state index contributed by atoms with van der Waals surface area (Å²) >= 11 is 0. The fourth-order valence-corrected chi connectivity index (χ4v) is 3.38. The predicted octanol–water partition coefficient (Wildman–Crippen LogP) is 3.52. The standard InChI is InChI=1S/C18H28N2/c1-13-4-9-17(14(2)12-13)20(3)11-10-19-18(15-5-6-15)16-7-8-16/h4,9,12,15-16,18-19H,5-8,10-11H2,1-3H3. The summed E-state index contributed by atoms with van der Waals surface area (Å²) in [4.78, 5) is 2.39. The fourth-order valence-electron chi connectivity index (χ4n) is 3.38. The van der Waals surface area contributed by atoms with Crippen LogP contribution in [0.1, 0.15) is 36.8 Å². The molecule has 0 heterocycles. The van der Waals surface area contributed by atoms with Crippen molar-refractivity contribution in [2.75, 3.05) is 25.0 Å². The third-order valence-electron chi connectivity index (χ3n) is 4.85. The lowest BCUT2D eigenvalue weighted by atomic mass is 10.1. The maximum absolute atomic E-state index is 3.83. The molecule has 2 fully saturated rings. The minimum atomic E-state index is 0.822. The Kier molecular flexibility index (Phi) is 4.02. The molecule has 20 heavy (non-hydrogen) atoms. The van der Waals surface area contributed by atoms with Crippen LogP contribution in [0.3, 0.4) is 0 Å². The van der Waals surface area contributed by atoms with E-state index in [4.69, 9.17) is 0 Å². The Labute approximate surface area is 123 Å². The van der Waals surface area contributed by atoms with E-state index in [1.165, 1.54) is 42.5 Å². The Morgan fingerprint density at radius 3 is 2.35 bits per heavy atom. The molecule has 2 aliphatic carbocycles. The Morgan fingerprint density at radius 1 is 1.15 bits per heavy atom. The van der Waals surface area contributed by atoms with Gasteiger partial charge in [0.15, 0.2) is 0 Å². The molecular weight excluding hydrogens is 244 g/mol. The van der Waals surface area contributed by atoms with Crippen LogP contribution in [0.4, 0.5) is 5.69 Å². The summed E-state index contributed by atoms with van der Waals surface area (Å²) in [5.41, 5.74) is 4.10. The first-order chi connectivity index (χ1) is 9.65. The van der Waals surface area contributed by atoms with Crippen LogP contribution in [0.2, 0.25) is 0 Å².